The summed E-state index contributed by atoms with van der Waals surface area (Å²) in [6.07, 6.45) is 0.825. The first-order valence-corrected chi connectivity index (χ1v) is 4.01. The lowest BCUT2D eigenvalue weighted by atomic mass is 10.1. The second-order valence-electron chi connectivity index (χ2n) is 2.63. The highest BCUT2D eigenvalue weighted by molar-refractivity contribution is 6.08. The number of aryl methyl sites for hydroxylation is 1. The smallest absolute Gasteiger partial charge is 0.390 e. The van der Waals surface area contributed by atoms with Crippen molar-refractivity contribution in [3.05, 3.63) is 21.9 Å². The summed E-state index contributed by atoms with van der Waals surface area (Å²) in [5, 5.41) is 22.9. The summed E-state index contributed by atoms with van der Waals surface area (Å²) in [6.45, 7) is 0.366. The van der Waals surface area contributed by atoms with Crippen molar-refractivity contribution >= 4 is 13.7 Å². The van der Waals surface area contributed by atoms with Crippen LogP contribution in [0.1, 0.15) is 5.69 Å². The van der Waals surface area contributed by atoms with E-state index in [4.69, 9.17) is 5.11 Å². The monoisotopic (exact) mass is 183 g/mol. The molecule has 1 heterocycles. The molecule has 1 N–H and O–H groups in total. The van der Waals surface area contributed by atoms with E-state index in [9.17, 15) is 10.1 Å². The van der Waals surface area contributed by atoms with Crippen LogP contribution >= 0.6 is 0 Å². The van der Waals surface area contributed by atoms with Crippen molar-refractivity contribution in [2.75, 3.05) is 0 Å². The van der Waals surface area contributed by atoms with Crippen molar-refractivity contribution in [3.63, 3.8) is 0 Å². The Kier molecular flexibility index (Phi) is 3.02. The second kappa shape index (κ2) is 4.04. The Hall–Kier alpha value is -1.37. The zero-order valence-corrected chi connectivity index (χ0v) is 7.30. The normalized spacial score (nSPS) is 10.2. The predicted octanol–water partition coefficient (Wildman–Crippen LogP) is -0.665. The maximum atomic E-state index is 10.3. The molecular weight excluding hydrogens is 173 g/mol. The van der Waals surface area contributed by atoms with Gasteiger partial charge in [-0.3, -0.25) is 0 Å². The number of hydrogen-bond acceptors (Lipinski definition) is 4. The van der Waals surface area contributed by atoms with Gasteiger partial charge in [-0.1, -0.05) is 6.32 Å². The molecule has 13 heavy (non-hydrogen) atoms. The van der Waals surface area contributed by atoms with Crippen LogP contribution in [0.15, 0.2) is 6.07 Å². The minimum Gasteiger partial charge on any atom is -0.390 e. The van der Waals surface area contributed by atoms with E-state index in [0.717, 1.165) is 6.32 Å². The van der Waals surface area contributed by atoms with Crippen LogP contribution in [0.5, 0.6) is 0 Å². The van der Waals surface area contributed by atoms with Gasteiger partial charge in [0, 0.05) is 0 Å². The number of aliphatic hydroxyl groups is 1. The minimum atomic E-state index is -0.564. The quantitative estimate of drug-likeness (QED) is 0.381. The fourth-order valence-electron chi connectivity index (χ4n) is 1.06. The molecule has 70 valence electrons. The number of aromatic nitrogens is 2. The Bertz CT molecular complexity index is 312. The first kappa shape index (κ1) is 9.72. The Balaban J connectivity index is 2.96. The van der Waals surface area contributed by atoms with Gasteiger partial charge >= 0.3 is 5.82 Å². The van der Waals surface area contributed by atoms with Gasteiger partial charge in [0.05, 0.1) is 30.0 Å². The van der Waals surface area contributed by atoms with Gasteiger partial charge in [-0.05, 0) is 4.92 Å². The maximum Gasteiger partial charge on any atom is 0.390 e. The van der Waals surface area contributed by atoms with E-state index in [2.05, 4.69) is 5.10 Å². The zero-order valence-electron chi connectivity index (χ0n) is 7.30. The molecule has 7 heteroatoms. The van der Waals surface area contributed by atoms with Gasteiger partial charge in [0.2, 0.25) is 0 Å². The largest absolute Gasteiger partial charge is 0.390 e. The number of rotatable bonds is 4. The van der Waals surface area contributed by atoms with Crippen molar-refractivity contribution in [2.45, 2.75) is 19.5 Å². The zero-order chi connectivity index (χ0) is 9.84. The Labute approximate surface area is 75.7 Å². The molecule has 0 aromatic carbocycles. The van der Waals surface area contributed by atoms with E-state index in [-0.39, 0.29) is 12.4 Å². The molecule has 0 saturated carbocycles. The van der Waals surface area contributed by atoms with Gasteiger partial charge in [-0.2, -0.15) is 4.68 Å². The lowest BCUT2D eigenvalue weighted by Gasteiger charge is -1.95. The van der Waals surface area contributed by atoms with Crippen molar-refractivity contribution < 1.29 is 10.0 Å². The van der Waals surface area contributed by atoms with E-state index >= 15 is 0 Å². The summed E-state index contributed by atoms with van der Waals surface area (Å²) in [5.74, 6) is -0.211. The molecule has 1 aromatic heterocycles. The van der Waals surface area contributed by atoms with Gasteiger partial charge < -0.3 is 15.2 Å². The third kappa shape index (κ3) is 2.06. The van der Waals surface area contributed by atoms with Crippen LogP contribution in [-0.4, -0.2) is 27.7 Å². The molecule has 0 bridgehead atoms. The topological polar surface area (TPSA) is 81.2 Å². The molecule has 6 nitrogen and oxygen atoms in total. The molecule has 0 aliphatic rings. The van der Waals surface area contributed by atoms with Crippen LogP contribution in [0.25, 0.3) is 0 Å². The summed E-state index contributed by atoms with van der Waals surface area (Å²) in [7, 11) is 1.94. The predicted molar refractivity (Wildman–Crippen MR) is 48.2 cm³/mol. The number of nitro groups is 1. The van der Waals surface area contributed by atoms with Gasteiger partial charge in [-0.25, -0.2) is 0 Å². The van der Waals surface area contributed by atoms with Crippen LogP contribution in [0.3, 0.4) is 0 Å². The van der Waals surface area contributed by atoms with Crippen LogP contribution in [-0.2, 0) is 13.2 Å². The molecule has 0 atom stereocenters. The Morgan fingerprint density at radius 1 is 1.77 bits per heavy atom. The molecule has 1 aromatic rings. The van der Waals surface area contributed by atoms with Crippen molar-refractivity contribution in [1.29, 1.82) is 0 Å². The van der Waals surface area contributed by atoms with Gasteiger partial charge in [-0.15, -0.1) is 0 Å². The molecule has 0 unspecified atom stereocenters. The average Bonchev–Trinajstić information content (AvgIpc) is 2.48. The third-order valence-corrected chi connectivity index (χ3v) is 1.63. The summed E-state index contributed by atoms with van der Waals surface area (Å²) in [4.78, 5) is 9.77. The molecular formula is C6H10BN3O3. The SMILES string of the molecule is BCCn1nc([N+](=O)[O-])cc1CO. The molecule has 1 rings (SSSR count). The van der Waals surface area contributed by atoms with Crippen LogP contribution in [0.2, 0.25) is 6.32 Å². The van der Waals surface area contributed by atoms with E-state index in [0.29, 0.717) is 12.2 Å². The first-order valence-electron chi connectivity index (χ1n) is 4.01. The average molecular weight is 183 g/mol. The molecule has 0 spiro atoms. The number of aliphatic hydroxyl groups excluding tert-OH is 1. The summed E-state index contributed by atoms with van der Waals surface area (Å²) in [6, 6.07) is 1.29. The van der Waals surface area contributed by atoms with Crippen LogP contribution in [0.4, 0.5) is 5.82 Å². The van der Waals surface area contributed by atoms with Crippen molar-refractivity contribution in [3.8, 4) is 0 Å². The highest BCUT2D eigenvalue weighted by atomic mass is 16.6. The molecule has 0 aliphatic heterocycles. The minimum absolute atomic E-state index is 0.211. The molecule has 0 aliphatic carbocycles. The lowest BCUT2D eigenvalue weighted by molar-refractivity contribution is -0.389. The Morgan fingerprint density at radius 3 is 2.92 bits per heavy atom. The van der Waals surface area contributed by atoms with Crippen molar-refractivity contribution in [1.82, 2.24) is 9.78 Å². The summed E-state index contributed by atoms with van der Waals surface area (Å²) in [5.41, 5.74) is 0.480. The summed E-state index contributed by atoms with van der Waals surface area (Å²) >= 11 is 0. The summed E-state index contributed by atoms with van der Waals surface area (Å²) < 4.78 is 1.46. The molecule has 0 radical (unpaired) electrons. The van der Waals surface area contributed by atoms with Gasteiger partial charge in [0.25, 0.3) is 0 Å². The highest BCUT2D eigenvalue weighted by Crippen LogP contribution is 2.11. The van der Waals surface area contributed by atoms with E-state index < -0.39 is 4.92 Å². The van der Waals surface area contributed by atoms with Crippen LogP contribution in [0, 0.1) is 10.1 Å². The molecule has 0 fully saturated rings. The molecule has 0 saturated heterocycles. The fourth-order valence-corrected chi connectivity index (χ4v) is 1.06. The standard InChI is InChI=1S/C6H10BN3O3/c7-1-2-9-5(4-11)3-6(8-9)10(12)13/h3,11H,1-2,4,7H2. The fraction of sp³-hybridized carbons (Fsp3) is 0.500. The number of nitrogens with zero attached hydrogens (tertiary/aromatic N) is 3. The molecule has 0 amide bonds. The first-order chi connectivity index (χ1) is 6.19. The van der Waals surface area contributed by atoms with Gasteiger partial charge in [0.1, 0.15) is 7.85 Å². The number of hydrogen-bond donors (Lipinski definition) is 1. The van der Waals surface area contributed by atoms with Gasteiger partial charge in [0.15, 0.2) is 0 Å². The van der Waals surface area contributed by atoms with E-state index in [1.807, 2.05) is 7.85 Å². The van der Waals surface area contributed by atoms with Crippen molar-refractivity contribution in [2.24, 2.45) is 0 Å². The third-order valence-electron chi connectivity index (χ3n) is 1.63. The highest BCUT2D eigenvalue weighted by Gasteiger charge is 2.16. The maximum absolute atomic E-state index is 10.3. The lowest BCUT2D eigenvalue weighted by Crippen LogP contribution is -2.04. The Morgan fingerprint density at radius 2 is 2.46 bits per heavy atom. The van der Waals surface area contributed by atoms with Crippen LogP contribution < -0.4 is 0 Å². The van der Waals surface area contributed by atoms with E-state index in [1.54, 1.807) is 0 Å². The van der Waals surface area contributed by atoms with E-state index in [1.165, 1.54) is 10.7 Å². The second-order valence-corrected chi connectivity index (χ2v) is 2.63.